The topological polar surface area (TPSA) is 71.1 Å². The highest BCUT2D eigenvalue weighted by molar-refractivity contribution is 6.40. The van der Waals surface area contributed by atoms with Gasteiger partial charge in [-0.3, -0.25) is 4.79 Å². The van der Waals surface area contributed by atoms with E-state index in [1.165, 1.54) is 64.2 Å². The molecule has 0 saturated carbocycles. The van der Waals surface area contributed by atoms with Crippen molar-refractivity contribution < 1.29 is 28.5 Å². The smallest absolute Gasteiger partial charge is 0.379 e. The number of unbranched alkanes of at least 4 members (excludes halogenated alkanes) is 10. The Hall–Kier alpha value is -1.76. The molecule has 0 aliphatic rings. The lowest BCUT2D eigenvalue weighted by atomic mass is 10.1. The van der Waals surface area contributed by atoms with Crippen LogP contribution in [0.1, 0.15) is 87.9 Å². The molecule has 188 valence electrons. The van der Waals surface area contributed by atoms with Crippen LogP contribution >= 0.6 is 0 Å². The largest absolute Gasteiger partial charge is 0.457 e. The zero-order chi connectivity index (χ0) is 23.8. The second kappa shape index (κ2) is 22.1. The van der Waals surface area contributed by atoms with Crippen LogP contribution in [-0.4, -0.2) is 58.0 Å². The molecular weight excluding hydrogens is 420 g/mol. The maximum atomic E-state index is 11.8. The summed E-state index contributed by atoms with van der Waals surface area (Å²) in [4.78, 5) is 23.5. The Labute approximate surface area is 200 Å². The van der Waals surface area contributed by atoms with E-state index in [4.69, 9.17) is 18.9 Å². The Morgan fingerprint density at radius 2 is 1.03 bits per heavy atom. The zero-order valence-corrected chi connectivity index (χ0v) is 20.6. The third-order valence-corrected chi connectivity index (χ3v) is 5.32. The monoisotopic (exact) mass is 464 g/mol. The minimum absolute atomic E-state index is 0.0411. The van der Waals surface area contributed by atoms with Crippen molar-refractivity contribution in [1.29, 1.82) is 0 Å². The number of Topliss-reactive ketones (excluding diaryl/α,β-unsaturated/α-hetero) is 1. The summed E-state index contributed by atoms with van der Waals surface area (Å²) >= 11 is 0. The maximum absolute atomic E-state index is 11.8. The number of carbonyl (C=O) groups excluding carboxylic acids is 2. The van der Waals surface area contributed by atoms with Crippen LogP contribution in [0.3, 0.4) is 0 Å². The summed E-state index contributed by atoms with van der Waals surface area (Å²) in [6.45, 7) is 5.33. The normalized spacial score (nSPS) is 10.9. The van der Waals surface area contributed by atoms with Gasteiger partial charge in [0.05, 0.1) is 33.0 Å². The van der Waals surface area contributed by atoms with Crippen LogP contribution < -0.4 is 0 Å². The van der Waals surface area contributed by atoms with Gasteiger partial charge >= 0.3 is 5.97 Å². The highest BCUT2D eigenvalue weighted by atomic mass is 16.6. The van der Waals surface area contributed by atoms with Gasteiger partial charge in [0, 0.05) is 12.2 Å². The molecular formula is C27H44O6. The lowest BCUT2D eigenvalue weighted by Gasteiger charge is -2.07. The zero-order valence-electron chi connectivity index (χ0n) is 20.6. The van der Waals surface area contributed by atoms with E-state index < -0.39 is 11.8 Å². The SMILES string of the molecule is CCCCCCCCCCCCCOCCOCCOCCOC(=O)C(=O)c1ccccc1. The van der Waals surface area contributed by atoms with E-state index in [2.05, 4.69) is 6.92 Å². The van der Waals surface area contributed by atoms with E-state index in [1.807, 2.05) is 0 Å². The molecule has 0 fully saturated rings. The van der Waals surface area contributed by atoms with Crippen LogP contribution in [0.2, 0.25) is 0 Å². The molecule has 0 unspecified atom stereocenters. The molecule has 0 radical (unpaired) electrons. The number of ether oxygens (including phenoxy) is 4. The van der Waals surface area contributed by atoms with Gasteiger partial charge in [0.2, 0.25) is 0 Å². The molecule has 33 heavy (non-hydrogen) atoms. The summed E-state index contributed by atoms with van der Waals surface area (Å²) < 4.78 is 21.3. The number of benzene rings is 1. The average Bonchev–Trinajstić information content (AvgIpc) is 2.85. The van der Waals surface area contributed by atoms with E-state index in [-0.39, 0.29) is 13.2 Å². The van der Waals surface area contributed by atoms with Gasteiger partial charge in [-0.1, -0.05) is 101 Å². The molecule has 0 bridgehead atoms. The summed E-state index contributed by atoms with van der Waals surface area (Å²) in [5, 5.41) is 0. The van der Waals surface area contributed by atoms with Crippen LogP contribution in [-0.2, 0) is 23.7 Å². The van der Waals surface area contributed by atoms with Crippen molar-refractivity contribution in [2.45, 2.75) is 77.6 Å². The summed E-state index contributed by atoms with van der Waals surface area (Å²) in [5.74, 6) is -1.51. The standard InChI is InChI=1S/C27H44O6/c1-2-3-4-5-6-7-8-9-10-11-15-18-30-19-20-31-21-22-32-23-24-33-27(29)26(28)25-16-13-12-14-17-25/h12-14,16-17H,2-11,15,18-24H2,1H3. The second-order valence-electron chi connectivity index (χ2n) is 8.20. The molecule has 0 saturated heterocycles. The Balaban J connectivity index is 1.75. The number of carbonyl (C=O) groups is 2. The second-order valence-corrected chi connectivity index (χ2v) is 8.20. The van der Waals surface area contributed by atoms with Gasteiger partial charge in [-0.25, -0.2) is 4.79 Å². The average molecular weight is 465 g/mol. The van der Waals surface area contributed by atoms with E-state index in [9.17, 15) is 9.59 Å². The minimum Gasteiger partial charge on any atom is -0.457 e. The number of ketones is 1. The first-order valence-corrected chi connectivity index (χ1v) is 12.8. The molecule has 1 aromatic rings. The third kappa shape index (κ3) is 17.4. The lowest BCUT2D eigenvalue weighted by molar-refractivity contribution is -0.139. The van der Waals surface area contributed by atoms with Crippen LogP contribution in [0, 0.1) is 0 Å². The molecule has 0 atom stereocenters. The third-order valence-electron chi connectivity index (χ3n) is 5.32. The van der Waals surface area contributed by atoms with Gasteiger partial charge in [0.15, 0.2) is 0 Å². The predicted octanol–water partition coefficient (Wildman–Crippen LogP) is 5.77. The number of hydrogen-bond donors (Lipinski definition) is 0. The first-order valence-electron chi connectivity index (χ1n) is 12.8. The van der Waals surface area contributed by atoms with Crippen molar-refractivity contribution in [1.82, 2.24) is 0 Å². The molecule has 1 rings (SSSR count). The van der Waals surface area contributed by atoms with Crippen molar-refractivity contribution in [3.63, 3.8) is 0 Å². The van der Waals surface area contributed by atoms with Crippen LogP contribution in [0.4, 0.5) is 0 Å². The molecule has 0 heterocycles. The number of esters is 1. The van der Waals surface area contributed by atoms with Crippen LogP contribution in [0.15, 0.2) is 30.3 Å². The number of hydrogen-bond acceptors (Lipinski definition) is 6. The molecule has 0 aromatic heterocycles. The quantitative estimate of drug-likeness (QED) is 0.0886. The van der Waals surface area contributed by atoms with E-state index in [1.54, 1.807) is 30.3 Å². The fourth-order valence-electron chi connectivity index (χ4n) is 3.38. The van der Waals surface area contributed by atoms with Gasteiger partial charge in [-0.15, -0.1) is 0 Å². The molecule has 0 amide bonds. The maximum Gasteiger partial charge on any atom is 0.379 e. The molecule has 0 aliphatic carbocycles. The Morgan fingerprint density at radius 3 is 1.58 bits per heavy atom. The predicted molar refractivity (Wildman–Crippen MR) is 131 cm³/mol. The molecule has 6 nitrogen and oxygen atoms in total. The molecule has 6 heteroatoms. The summed E-state index contributed by atoms with van der Waals surface area (Å²) in [6.07, 6.45) is 14.7. The van der Waals surface area contributed by atoms with Gasteiger partial charge in [0.1, 0.15) is 6.61 Å². The van der Waals surface area contributed by atoms with E-state index in [0.717, 1.165) is 13.0 Å². The van der Waals surface area contributed by atoms with Crippen molar-refractivity contribution in [3.8, 4) is 0 Å². The van der Waals surface area contributed by atoms with E-state index in [0.29, 0.717) is 32.0 Å². The fraction of sp³-hybridized carbons (Fsp3) is 0.704. The van der Waals surface area contributed by atoms with Gasteiger partial charge in [-0.05, 0) is 6.42 Å². The fourth-order valence-corrected chi connectivity index (χ4v) is 3.38. The first kappa shape index (κ1) is 29.3. The number of rotatable bonds is 23. The molecule has 0 aliphatic heterocycles. The summed E-state index contributed by atoms with van der Waals surface area (Å²) in [7, 11) is 0. The first-order chi connectivity index (χ1) is 16.3. The van der Waals surface area contributed by atoms with Crippen LogP contribution in [0.25, 0.3) is 0 Å². The van der Waals surface area contributed by atoms with Gasteiger partial charge in [-0.2, -0.15) is 0 Å². The van der Waals surface area contributed by atoms with Crippen molar-refractivity contribution >= 4 is 11.8 Å². The summed E-state index contributed by atoms with van der Waals surface area (Å²) in [5.41, 5.74) is 0.322. The highest BCUT2D eigenvalue weighted by Gasteiger charge is 2.16. The highest BCUT2D eigenvalue weighted by Crippen LogP contribution is 2.11. The summed E-state index contributed by atoms with van der Waals surface area (Å²) in [6, 6.07) is 8.35. The van der Waals surface area contributed by atoms with Crippen molar-refractivity contribution in [2.24, 2.45) is 0 Å². The molecule has 1 aromatic carbocycles. The van der Waals surface area contributed by atoms with Crippen LogP contribution in [0.5, 0.6) is 0 Å². The molecule has 0 N–H and O–H groups in total. The van der Waals surface area contributed by atoms with Crippen molar-refractivity contribution in [2.75, 3.05) is 46.2 Å². The lowest BCUT2D eigenvalue weighted by Crippen LogP contribution is -2.20. The molecule has 0 spiro atoms. The Morgan fingerprint density at radius 1 is 0.576 bits per heavy atom. The van der Waals surface area contributed by atoms with E-state index >= 15 is 0 Å². The Bertz CT molecular complexity index is 590. The van der Waals surface area contributed by atoms with Gasteiger partial charge < -0.3 is 18.9 Å². The van der Waals surface area contributed by atoms with Gasteiger partial charge in [0.25, 0.3) is 5.78 Å². The van der Waals surface area contributed by atoms with Crippen molar-refractivity contribution in [3.05, 3.63) is 35.9 Å². The Kier molecular flexibility index (Phi) is 19.6. The minimum atomic E-state index is -0.865.